The van der Waals surface area contributed by atoms with Crippen molar-refractivity contribution in [2.45, 2.75) is 24.1 Å². The van der Waals surface area contributed by atoms with Crippen LogP contribution in [0.1, 0.15) is 11.1 Å². The number of rotatable bonds is 11. The molecule has 0 amide bonds. The second-order valence-electron chi connectivity index (χ2n) is 8.48. The van der Waals surface area contributed by atoms with Gasteiger partial charge < -0.3 is 5.11 Å². The highest BCUT2D eigenvalue weighted by molar-refractivity contribution is 7.92. The fraction of sp³-hybridized carbons (Fsp3) is 0.172. The fourth-order valence-electron chi connectivity index (χ4n) is 4.07. The number of aliphatic hydroxyl groups is 1. The van der Waals surface area contributed by atoms with Crippen LogP contribution in [0, 0.1) is 0 Å². The van der Waals surface area contributed by atoms with Gasteiger partial charge in [-0.15, -0.1) is 0 Å². The Morgan fingerprint density at radius 2 is 1.03 bits per heavy atom. The highest BCUT2D eigenvalue weighted by Crippen LogP contribution is 2.24. The standard InChI is InChI=1S/C29H30N2O3S/c32-28(23-30(21-25-13-5-1-6-14-25)22-26-15-7-2-8-16-26)24-31(27-17-9-3-10-18-27)35(33,34)29-19-11-4-12-20-29/h1-20,28,32H,21-24H2/t28-/m0/s1. The lowest BCUT2D eigenvalue weighted by atomic mass is 10.1. The zero-order chi connectivity index (χ0) is 24.5. The molecule has 0 aromatic heterocycles. The van der Waals surface area contributed by atoms with Gasteiger partial charge in [0.15, 0.2) is 0 Å². The molecular weight excluding hydrogens is 456 g/mol. The monoisotopic (exact) mass is 486 g/mol. The van der Waals surface area contributed by atoms with E-state index in [0.29, 0.717) is 25.3 Å². The van der Waals surface area contributed by atoms with Crippen molar-refractivity contribution in [2.24, 2.45) is 0 Å². The minimum Gasteiger partial charge on any atom is -0.390 e. The quantitative estimate of drug-likeness (QED) is 0.326. The molecule has 35 heavy (non-hydrogen) atoms. The summed E-state index contributed by atoms with van der Waals surface area (Å²) < 4.78 is 28.4. The van der Waals surface area contributed by atoms with E-state index in [0.717, 1.165) is 11.1 Å². The van der Waals surface area contributed by atoms with Crippen LogP contribution in [0.3, 0.4) is 0 Å². The molecule has 4 aromatic rings. The van der Waals surface area contributed by atoms with Crippen LogP contribution in [-0.4, -0.2) is 37.6 Å². The summed E-state index contributed by atoms with van der Waals surface area (Å²) in [6.07, 6.45) is -0.902. The number of aliphatic hydroxyl groups excluding tert-OH is 1. The van der Waals surface area contributed by atoms with E-state index in [9.17, 15) is 13.5 Å². The topological polar surface area (TPSA) is 60.9 Å². The largest absolute Gasteiger partial charge is 0.390 e. The van der Waals surface area contributed by atoms with Gasteiger partial charge in [-0.2, -0.15) is 0 Å². The number of benzene rings is 4. The third-order valence-electron chi connectivity index (χ3n) is 5.72. The molecule has 0 fully saturated rings. The maximum Gasteiger partial charge on any atom is 0.264 e. The van der Waals surface area contributed by atoms with Gasteiger partial charge in [0.05, 0.1) is 23.2 Å². The van der Waals surface area contributed by atoms with E-state index in [1.165, 1.54) is 4.31 Å². The van der Waals surface area contributed by atoms with Crippen LogP contribution in [0.15, 0.2) is 126 Å². The van der Waals surface area contributed by atoms with E-state index in [4.69, 9.17) is 0 Å². The molecule has 0 spiro atoms. The highest BCUT2D eigenvalue weighted by Gasteiger charge is 2.27. The Kier molecular flexibility index (Phi) is 8.32. The predicted octanol–water partition coefficient (Wildman–Crippen LogP) is 4.95. The Hall–Kier alpha value is -3.45. The molecule has 0 aliphatic carbocycles. The molecule has 0 bridgehead atoms. The average molecular weight is 487 g/mol. The Morgan fingerprint density at radius 3 is 1.51 bits per heavy atom. The van der Waals surface area contributed by atoms with Crippen LogP contribution >= 0.6 is 0 Å². The number of hydrogen-bond acceptors (Lipinski definition) is 4. The van der Waals surface area contributed by atoms with Crippen LogP contribution in [0.2, 0.25) is 0 Å². The van der Waals surface area contributed by atoms with Gasteiger partial charge >= 0.3 is 0 Å². The van der Waals surface area contributed by atoms with Gasteiger partial charge in [0.2, 0.25) is 0 Å². The second-order valence-corrected chi connectivity index (χ2v) is 10.3. The smallest absolute Gasteiger partial charge is 0.264 e. The fourth-order valence-corrected chi connectivity index (χ4v) is 5.59. The molecule has 5 nitrogen and oxygen atoms in total. The zero-order valence-corrected chi connectivity index (χ0v) is 20.3. The lowest BCUT2D eigenvalue weighted by Gasteiger charge is -2.30. The molecule has 0 heterocycles. The summed E-state index contributed by atoms with van der Waals surface area (Å²) in [5.41, 5.74) is 2.79. The van der Waals surface area contributed by atoms with Crippen molar-refractivity contribution in [1.82, 2.24) is 4.90 Å². The predicted molar refractivity (Wildman–Crippen MR) is 140 cm³/mol. The summed E-state index contributed by atoms with van der Waals surface area (Å²) in [6.45, 7) is 1.55. The molecule has 0 aliphatic rings. The first kappa shape index (κ1) is 24.7. The van der Waals surface area contributed by atoms with E-state index in [1.54, 1.807) is 54.6 Å². The minimum atomic E-state index is -3.85. The minimum absolute atomic E-state index is 0.0542. The highest BCUT2D eigenvalue weighted by atomic mass is 32.2. The van der Waals surface area contributed by atoms with Crippen molar-refractivity contribution < 1.29 is 13.5 Å². The Balaban J connectivity index is 1.57. The van der Waals surface area contributed by atoms with Crippen molar-refractivity contribution in [2.75, 3.05) is 17.4 Å². The summed E-state index contributed by atoms with van der Waals surface area (Å²) in [5, 5.41) is 11.2. The summed E-state index contributed by atoms with van der Waals surface area (Å²) in [7, 11) is -3.85. The molecule has 6 heteroatoms. The van der Waals surface area contributed by atoms with Crippen LogP contribution < -0.4 is 4.31 Å². The molecule has 1 N–H and O–H groups in total. The SMILES string of the molecule is O=S(=O)(c1ccccc1)N(C[C@@H](O)CN(Cc1ccccc1)Cc1ccccc1)c1ccccc1. The first-order chi connectivity index (χ1) is 17.0. The third-order valence-corrected chi connectivity index (χ3v) is 7.53. The first-order valence-electron chi connectivity index (χ1n) is 11.6. The molecule has 0 saturated carbocycles. The molecule has 180 valence electrons. The van der Waals surface area contributed by atoms with Crippen LogP contribution in [0.25, 0.3) is 0 Å². The second kappa shape index (κ2) is 11.8. The van der Waals surface area contributed by atoms with Gasteiger partial charge in [-0.25, -0.2) is 8.42 Å². The molecule has 0 aliphatic heterocycles. The maximum absolute atomic E-state index is 13.5. The summed E-state index contributed by atoms with van der Waals surface area (Å²) in [4.78, 5) is 2.34. The Labute approximate surface area is 208 Å². The number of sulfonamides is 1. The first-order valence-corrected chi connectivity index (χ1v) is 13.1. The molecule has 1 atom stereocenters. The molecule has 4 rings (SSSR count). The maximum atomic E-state index is 13.5. The number of hydrogen-bond donors (Lipinski definition) is 1. The van der Waals surface area contributed by atoms with Crippen molar-refractivity contribution in [3.63, 3.8) is 0 Å². The van der Waals surface area contributed by atoms with E-state index in [2.05, 4.69) is 29.2 Å². The van der Waals surface area contributed by atoms with Crippen LogP contribution in [-0.2, 0) is 23.1 Å². The zero-order valence-electron chi connectivity index (χ0n) is 19.5. The number of nitrogens with zero attached hydrogens (tertiary/aromatic N) is 2. The van der Waals surface area contributed by atoms with E-state index >= 15 is 0 Å². The Morgan fingerprint density at radius 1 is 0.600 bits per heavy atom. The summed E-state index contributed by atoms with van der Waals surface area (Å²) in [6, 6.07) is 37.4. The van der Waals surface area contributed by atoms with Gasteiger partial charge in [-0.05, 0) is 35.4 Å². The summed E-state index contributed by atoms with van der Waals surface area (Å²) in [5.74, 6) is 0. The van der Waals surface area contributed by atoms with Crippen molar-refractivity contribution in [1.29, 1.82) is 0 Å². The Bertz CT molecular complexity index is 1230. The van der Waals surface area contributed by atoms with Crippen molar-refractivity contribution >= 4 is 15.7 Å². The van der Waals surface area contributed by atoms with Gasteiger partial charge in [0.1, 0.15) is 0 Å². The molecule has 0 saturated heterocycles. The molecule has 0 unspecified atom stereocenters. The van der Waals surface area contributed by atoms with Gasteiger partial charge in [0.25, 0.3) is 10.0 Å². The molecular formula is C29H30N2O3S. The number of para-hydroxylation sites is 1. The van der Waals surface area contributed by atoms with Crippen LogP contribution in [0.5, 0.6) is 0 Å². The van der Waals surface area contributed by atoms with Gasteiger partial charge in [-0.1, -0.05) is 97.1 Å². The molecule has 0 radical (unpaired) electrons. The van der Waals surface area contributed by atoms with Gasteiger partial charge in [-0.3, -0.25) is 9.21 Å². The molecule has 4 aromatic carbocycles. The summed E-state index contributed by atoms with van der Waals surface area (Å²) >= 11 is 0. The van der Waals surface area contributed by atoms with Crippen molar-refractivity contribution in [3.05, 3.63) is 132 Å². The van der Waals surface area contributed by atoms with Crippen LogP contribution in [0.4, 0.5) is 5.69 Å². The van der Waals surface area contributed by atoms with E-state index in [1.807, 2.05) is 42.5 Å². The van der Waals surface area contributed by atoms with E-state index in [-0.39, 0.29) is 11.4 Å². The average Bonchev–Trinajstić information content (AvgIpc) is 2.89. The third kappa shape index (κ3) is 6.79. The van der Waals surface area contributed by atoms with Gasteiger partial charge in [0, 0.05) is 19.6 Å². The van der Waals surface area contributed by atoms with Crippen molar-refractivity contribution in [3.8, 4) is 0 Å². The van der Waals surface area contributed by atoms with E-state index < -0.39 is 16.1 Å². The number of anilines is 1. The normalized spacial score (nSPS) is 12.4. The lowest BCUT2D eigenvalue weighted by Crippen LogP contribution is -2.42. The lowest BCUT2D eigenvalue weighted by molar-refractivity contribution is 0.111.